The summed E-state index contributed by atoms with van der Waals surface area (Å²) in [4.78, 5) is 13.4. The molecule has 0 aliphatic rings. The normalized spacial score (nSPS) is 11.1. The number of carbonyl (C=O) groups excluding carboxylic acids is 1. The summed E-state index contributed by atoms with van der Waals surface area (Å²) in [6.45, 7) is 0.693. The van der Waals surface area contributed by atoms with Gasteiger partial charge >= 0.3 is 5.97 Å². The van der Waals surface area contributed by atoms with Crippen LogP contribution in [-0.2, 0) is 11.3 Å². The molecule has 0 spiro atoms. The van der Waals surface area contributed by atoms with Crippen LogP contribution in [0.1, 0.15) is 16.2 Å². The molecule has 0 bridgehead atoms. The van der Waals surface area contributed by atoms with Gasteiger partial charge in [0.1, 0.15) is 0 Å². The van der Waals surface area contributed by atoms with Crippen molar-refractivity contribution in [2.75, 3.05) is 21.2 Å². The minimum atomic E-state index is -0.371. The van der Waals surface area contributed by atoms with Crippen molar-refractivity contribution >= 4 is 11.6 Å². The van der Waals surface area contributed by atoms with Gasteiger partial charge in [0.15, 0.2) is 11.5 Å². The molecule has 6 nitrogen and oxygen atoms in total. The lowest BCUT2D eigenvalue weighted by atomic mass is 10.2. The molecule has 0 amide bonds. The zero-order valence-electron chi connectivity index (χ0n) is 10.0. The molecule has 2 heterocycles. The Labute approximate surface area is 98.8 Å². The van der Waals surface area contributed by atoms with E-state index in [0.717, 1.165) is 5.82 Å². The van der Waals surface area contributed by atoms with Gasteiger partial charge in [-0.25, -0.2) is 4.79 Å². The summed E-state index contributed by atoms with van der Waals surface area (Å²) in [6, 6.07) is 3.36. The van der Waals surface area contributed by atoms with E-state index in [9.17, 15) is 4.79 Å². The summed E-state index contributed by atoms with van der Waals surface area (Å²) in [5, 5.41) is 8.11. The molecule has 0 radical (unpaired) electrons. The molecule has 0 N–H and O–H groups in total. The average molecular weight is 234 g/mol. The lowest BCUT2D eigenvalue weighted by Gasteiger charge is -2.07. The third kappa shape index (κ3) is 2.26. The summed E-state index contributed by atoms with van der Waals surface area (Å²) < 4.78 is 6.51. The molecule has 90 valence electrons. The van der Waals surface area contributed by atoms with Gasteiger partial charge in [-0.05, 0) is 26.2 Å². The molecule has 0 aromatic carbocycles. The maximum absolute atomic E-state index is 11.4. The Bertz CT molecular complexity index is 547. The van der Waals surface area contributed by atoms with Crippen LogP contribution in [-0.4, -0.2) is 46.7 Å². The smallest absolute Gasteiger partial charge is 0.338 e. The van der Waals surface area contributed by atoms with Crippen LogP contribution in [0, 0.1) is 0 Å². The van der Waals surface area contributed by atoms with Crippen LogP contribution in [0.3, 0.4) is 0 Å². The maximum Gasteiger partial charge on any atom is 0.338 e. The van der Waals surface area contributed by atoms with Gasteiger partial charge in [-0.1, -0.05) is 0 Å². The number of esters is 1. The number of rotatable bonds is 3. The number of fused-ring (bicyclic) bond motifs is 1. The van der Waals surface area contributed by atoms with Crippen molar-refractivity contribution in [2.45, 2.75) is 6.54 Å². The minimum absolute atomic E-state index is 0.371. The summed E-state index contributed by atoms with van der Waals surface area (Å²) in [7, 11) is 5.28. The molecule has 0 saturated carbocycles. The van der Waals surface area contributed by atoms with Crippen LogP contribution in [0.15, 0.2) is 18.3 Å². The first kappa shape index (κ1) is 11.5. The van der Waals surface area contributed by atoms with Crippen LogP contribution in [0.25, 0.3) is 5.65 Å². The largest absolute Gasteiger partial charge is 0.465 e. The molecule has 2 aromatic rings. The molecule has 0 aliphatic carbocycles. The van der Waals surface area contributed by atoms with Crippen molar-refractivity contribution in [3.05, 3.63) is 29.7 Å². The van der Waals surface area contributed by atoms with E-state index < -0.39 is 0 Å². The van der Waals surface area contributed by atoms with E-state index >= 15 is 0 Å². The number of methoxy groups -OCH3 is 1. The van der Waals surface area contributed by atoms with Crippen molar-refractivity contribution in [2.24, 2.45) is 0 Å². The number of nitrogens with zero attached hydrogens (tertiary/aromatic N) is 4. The Morgan fingerprint density at radius 3 is 2.88 bits per heavy atom. The summed E-state index contributed by atoms with van der Waals surface area (Å²) in [5.74, 6) is 0.464. The lowest BCUT2D eigenvalue weighted by Crippen LogP contribution is -2.13. The summed E-state index contributed by atoms with van der Waals surface area (Å²) >= 11 is 0. The van der Waals surface area contributed by atoms with E-state index in [-0.39, 0.29) is 5.97 Å². The van der Waals surface area contributed by atoms with Gasteiger partial charge in [0, 0.05) is 6.20 Å². The number of aromatic nitrogens is 3. The van der Waals surface area contributed by atoms with Crippen molar-refractivity contribution in [1.29, 1.82) is 0 Å². The van der Waals surface area contributed by atoms with Crippen molar-refractivity contribution in [3.63, 3.8) is 0 Å². The SMILES string of the molecule is COC(=O)c1ccn2c(CN(C)C)nnc2c1. The van der Waals surface area contributed by atoms with E-state index in [1.165, 1.54) is 7.11 Å². The Hall–Kier alpha value is -1.95. The number of hydrogen-bond donors (Lipinski definition) is 0. The fourth-order valence-electron chi connectivity index (χ4n) is 1.58. The Balaban J connectivity index is 2.41. The van der Waals surface area contributed by atoms with Gasteiger partial charge in [0.25, 0.3) is 0 Å². The van der Waals surface area contributed by atoms with Gasteiger partial charge in [-0.3, -0.25) is 4.40 Å². The van der Waals surface area contributed by atoms with Crippen molar-refractivity contribution in [3.8, 4) is 0 Å². The summed E-state index contributed by atoms with van der Waals surface area (Å²) in [5.41, 5.74) is 1.12. The fraction of sp³-hybridized carbons (Fsp3) is 0.364. The topological polar surface area (TPSA) is 59.7 Å². The fourth-order valence-corrected chi connectivity index (χ4v) is 1.58. The number of pyridine rings is 1. The molecule has 0 aliphatic heterocycles. The predicted molar refractivity (Wildman–Crippen MR) is 61.7 cm³/mol. The first-order valence-electron chi connectivity index (χ1n) is 5.18. The Morgan fingerprint density at radius 1 is 1.47 bits per heavy atom. The number of ether oxygens (including phenoxy) is 1. The second kappa shape index (κ2) is 4.50. The monoisotopic (exact) mass is 234 g/mol. The zero-order valence-corrected chi connectivity index (χ0v) is 10.0. The quantitative estimate of drug-likeness (QED) is 0.727. The van der Waals surface area contributed by atoms with Crippen LogP contribution in [0.4, 0.5) is 0 Å². The third-order valence-electron chi connectivity index (χ3n) is 2.36. The zero-order chi connectivity index (χ0) is 12.4. The Morgan fingerprint density at radius 2 is 2.24 bits per heavy atom. The molecular weight excluding hydrogens is 220 g/mol. The van der Waals surface area contributed by atoms with Crippen LogP contribution in [0.2, 0.25) is 0 Å². The Kier molecular flexibility index (Phi) is 3.06. The van der Waals surface area contributed by atoms with E-state index in [1.807, 2.05) is 23.4 Å². The number of hydrogen-bond acceptors (Lipinski definition) is 5. The second-order valence-electron chi connectivity index (χ2n) is 3.99. The highest BCUT2D eigenvalue weighted by molar-refractivity contribution is 5.90. The molecule has 0 atom stereocenters. The second-order valence-corrected chi connectivity index (χ2v) is 3.99. The predicted octanol–water partition coefficient (Wildman–Crippen LogP) is 0.577. The molecule has 6 heteroatoms. The van der Waals surface area contributed by atoms with Gasteiger partial charge in [0.05, 0.1) is 19.2 Å². The van der Waals surface area contributed by atoms with Crippen LogP contribution < -0.4 is 0 Å². The highest BCUT2D eigenvalue weighted by Crippen LogP contribution is 2.09. The molecule has 2 rings (SSSR count). The van der Waals surface area contributed by atoms with Crippen LogP contribution in [0.5, 0.6) is 0 Å². The highest BCUT2D eigenvalue weighted by atomic mass is 16.5. The third-order valence-corrected chi connectivity index (χ3v) is 2.36. The van der Waals surface area contributed by atoms with Gasteiger partial charge in [0.2, 0.25) is 0 Å². The highest BCUT2D eigenvalue weighted by Gasteiger charge is 2.10. The molecule has 0 fully saturated rings. The van der Waals surface area contributed by atoms with Gasteiger partial charge in [-0.15, -0.1) is 10.2 Å². The first-order chi connectivity index (χ1) is 8.11. The van der Waals surface area contributed by atoms with Crippen LogP contribution >= 0.6 is 0 Å². The standard InChI is InChI=1S/C11H14N4O2/c1-14(2)7-10-13-12-9-6-8(11(16)17-3)4-5-15(9)10/h4-6H,7H2,1-3H3. The molecule has 0 unspecified atom stereocenters. The molecule has 0 saturated heterocycles. The van der Waals surface area contributed by atoms with E-state index in [4.69, 9.17) is 0 Å². The molecular formula is C11H14N4O2. The minimum Gasteiger partial charge on any atom is -0.465 e. The van der Waals surface area contributed by atoms with Gasteiger partial charge in [-0.2, -0.15) is 0 Å². The maximum atomic E-state index is 11.4. The van der Waals surface area contributed by atoms with E-state index in [0.29, 0.717) is 17.8 Å². The lowest BCUT2D eigenvalue weighted by molar-refractivity contribution is 0.0600. The summed E-state index contributed by atoms with van der Waals surface area (Å²) in [6.07, 6.45) is 1.78. The van der Waals surface area contributed by atoms with Gasteiger partial charge < -0.3 is 9.64 Å². The van der Waals surface area contributed by atoms with E-state index in [2.05, 4.69) is 14.9 Å². The molecule has 2 aromatic heterocycles. The number of carbonyl (C=O) groups is 1. The van der Waals surface area contributed by atoms with E-state index in [1.54, 1.807) is 18.3 Å². The van der Waals surface area contributed by atoms with Crippen molar-refractivity contribution in [1.82, 2.24) is 19.5 Å². The van der Waals surface area contributed by atoms with Crippen molar-refractivity contribution < 1.29 is 9.53 Å². The average Bonchev–Trinajstić information content (AvgIpc) is 2.70. The molecule has 17 heavy (non-hydrogen) atoms. The first-order valence-corrected chi connectivity index (χ1v) is 5.18.